The van der Waals surface area contributed by atoms with E-state index in [1.165, 1.54) is 0 Å². The van der Waals surface area contributed by atoms with Crippen LogP contribution in [0.25, 0.3) is 5.82 Å². The highest BCUT2D eigenvalue weighted by molar-refractivity contribution is 5.79. The maximum absolute atomic E-state index is 13.2. The van der Waals surface area contributed by atoms with Gasteiger partial charge in [0.15, 0.2) is 5.82 Å². The Hall–Kier alpha value is -3.85. The van der Waals surface area contributed by atoms with E-state index in [0.717, 1.165) is 34.0 Å². The van der Waals surface area contributed by atoms with Crippen molar-refractivity contribution in [2.24, 2.45) is 11.3 Å². The number of carbonyl (C=O) groups is 1. The molecule has 0 saturated heterocycles. The van der Waals surface area contributed by atoms with Gasteiger partial charge in [0, 0.05) is 48.9 Å². The van der Waals surface area contributed by atoms with Gasteiger partial charge in [-0.3, -0.25) is 14.9 Å². The van der Waals surface area contributed by atoms with E-state index in [1.807, 2.05) is 56.4 Å². The van der Waals surface area contributed by atoms with Gasteiger partial charge in [0.25, 0.3) is 0 Å². The van der Waals surface area contributed by atoms with Crippen LogP contribution in [0.2, 0.25) is 0 Å². The Labute approximate surface area is 222 Å². The van der Waals surface area contributed by atoms with Gasteiger partial charge in [0.05, 0.1) is 11.4 Å². The number of aromatic amines is 1. The number of aliphatic hydroxyl groups is 1. The lowest BCUT2D eigenvalue weighted by Gasteiger charge is -2.46. The molecule has 1 fully saturated rings. The Kier molecular flexibility index (Phi) is 6.88. The van der Waals surface area contributed by atoms with Crippen molar-refractivity contribution in [2.45, 2.75) is 65.5 Å². The van der Waals surface area contributed by atoms with E-state index < -0.39 is 11.0 Å². The fourth-order valence-electron chi connectivity index (χ4n) is 5.64. The Morgan fingerprint density at radius 2 is 2.05 bits per heavy atom. The third kappa shape index (κ3) is 5.52. The minimum Gasteiger partial charge on any atom is -0.384 e. The highest BCUT2D eigenvalue weighted by Gasteiger charge is 2.48. The summed E-state index contributed by atoms with van der Waals surface area (Å²) in [5.74, 6) is 0.514. The van der Waals surface area contributed by atoms with Crippen LogP contribution in [0.4, 0.5) is 0 Å². The first-order valence-electron chi connectivity index (χ1n) is 13.1. The second-order valence-electron chi connectivity index (χ2n) is 11.2. The summed E-state index contributed by atoms with van der Waals surface area (Å²) in [5.41, 5.74) is 3.95. The summed E-state index contributed by atoms with van der Waals surface area (Å²) in [7, 11) is 0. The zero-order valence-electron chi connectivity index (χ0n) is 22.4. The number of pyridine rings is 2. The highest BCUT2D eigenvalue weighted by atomic mass is 16.3. The number of aryl methyl sites for hydroxylation is 2. The predicted octanol–water partition coefficient (Wildman–Crippen LogP) is 3.92. The van der Waals surface area contributed by atoms with Gasteiger partial charge in [0.2, 0.25) is 5.91 Å². The van der Waals surface area contributed by atoms with E-state index in [1.54, 1.807) is 17.1 Å². The maximum atomic E-state index is 13.2. The lowest BCUT2D eigenvalue weighted by Crippen LogP contribution is -2.48. The summed E-state index contributed by atoms with van der Waals surface area (Å²) in [6.07, 6.45) is 7.41. The first-order chi connectivity index (χ1) is 18.1. The second kappa shape index (κ2) is 10.1. The molecule has 4 aromatic heterocycles. The zero-order chi connectivity index (χ0) is 26.9. The van der Waals surface area contributed by atoms with Crippen LogP contribution in [0.5, 0.6) is 0 Å². The lowest BCUT2D eigenvalue weighted by molar-refractivity contribution is -0.137. The Morgan fingerprint density at radius 1 is 1.21 bits per heavy atom. The third-order valence-corrected chi connectivity index (χ3v) is 7.49. The van der Waals surface area contributed by atoms with Crippen molar-refractivity contribution in [3.05, 3.63) is 88.9 Å². The van der Waals surface area contributed by atoms with Crippen LogP contribution in [0, 0.1) is 25.2 Å². The van der Waals surface area contributed by atoms with Gasteiger partial charge in [-0.05, 0) is 80.0 Å². The van der Waals surface area contributed by atoms with Gasteiger partial charge in [-0.25, -0.2) is 9.67 Å². The van der Waals surface area contributed by atoms with Gasteiger partial charge in [-0.2, -0.15) is 10.2 Å². The number of aromatic nitrogens is 6. The van der Waals surface area contributed by atoms with Gasteiger partial charge in [0.1, 0.15) is 5.60 Å². The van der Waals surface area contributed by atoms with Gasteiger partial charge in [-0.15, -0.1) is 0 Å². The minimum atomic E-state index is -1.09. The van der Waals surface area contributed by atoms with Crippen molar-refractivity contribution in [2.75, 3.05) is 0 Å². The van der Waals surface area contributed by atoms with Crippen molar-refractivity contribution in [3.8, 4) is 5.82 Å². The Bertz CT molecular complexity index is 1410. The predicted molar refractivity (Wildman–Crippen MR) is 143 cm³/mol. The molecule has 0 bridgehead atoms. The summed E-state index contributed by atoms with van der Waals surface area (Å²) in [5, 5.41) is 26.3. The molecule has 1 aliphatic carbocycles. The molecule has 4 aromatic rings. The molecule has 0 radical (unpaired) electrons. The average Bonchev–Trinajstić information content (AvgIpc) is 3.54. The second-order valence-corrected chi connectivity index (χ2v) is 11.2. The van der Waals surface area contributed by atoms with E-state index >= 15 is 0 Å². The minimum absolute atomic E-state index is 0.00000444. The molecular weight excluding hydrogens is 478 g/mol. The molecule has 0 aliphatic heterocycles. The number of carbonyl (C=O) groups excluding carboxylic acids is 1. The van der Waals surface area contributed by atoms with Crippen LogP contribution in [-0.2, 0) is 23.4 Å². The summed E-state index contributed by atoms with van der Waals surface area (Å²) in [4.78, 5) is 22.5. The largest absolute Gasteiger partial charge is 0.384 e. The van der Waals surface area contributed by atoms with Crippen molar-refractivity contribution >= 4 is 5.91 Å². The van der Waals surface area contributed by atoms with Crippen LogP contribution < -0.4 is 5.32 Å². The normalized spacial score (nSPS) is 20.8. The van der Waals surface area contributed by atoms with E-state index in [9.17, 15) is 9.90 Å². The van der Waals surface area contributed by atoms with E-state index in [-0.39, 0.29) is 11.8 Å². The molecule has 0 spiro atoms. The highest BCUT2D eigenvalue weighted by Crippen LogP contribution is 2.49. The molecular formula is C29H35N7O2. The monoisotopic (exact) mass is 513 g/mol. The Morgan fingerprint density at radius 3 is 2.71 bits per heavy atom. The number of rotatable bonds is 7. The zero-order valence-corrected chi connectivity index (χ0v) is 22.4. The quantitative estimate of drug-likeness (QED) is 0.344. The molecule has 9 heteroatoms. The van der Waals surface area contributed by atoms with Crippen LogP contribution in [0.15, 0.2) is 55.0 Å². The van der Waals surface area contributed by atoms with Crippen molar-refractivity contribution in [1.29, 1.82) is 0 Å². The molecule has 38 heavy (non-hydrogen) atoms. The molecule has 2 atom stereocenters. The van der Waals surface area contributed by atoms with Gasteiger partial charge < -0.3 is 10.4 Å². The van der Waals surface area contributed by atoms with Crippen LogP contribution in [0.3, 0.4) is 0 Å². The van der Waals surface area contributed by atoms with Crippen molar-refractivity contribution in [3.63, 3.8) is 0 Å². The maximum Gasteiger partial charge on any atom is 0.223 e. The molecule has 198 valence electrons. The first-order valence-corrected chi connectivity index (χ1v) is 13.1. The molecule has 5 rings (SSSR count). The summed E-state index contributed by atoms with van der Waals surface area (Å²) in [6.45, 7) is 8.52. The Balaban J connectivity index is 1.24. The molecule has 1 amide bonds. The molecule has 9 nitrogen and oxygen atoms in total. The van der Waals surface area contributed by atoms with Crippen LogP contribution in [-0.4, -0.2) is 41.0 Å². The molecule has 4 heterocycles. The topological polar surface area (TPSA) is 122 Å². The van der Waals surface area contributed by atoms with Crippen molar-refractivity contribution in [1.82, 2.24) is 35.3 Å². The fraction of sp³-hybridized carbons (Fsp3) is 0.414. The number of hydrogen-bond acceptors (Lipinski definition) is 6. The molecule has 0 aromatic carbocycles. The summed E-state index contributed by atoms with van der Waals surface area (Å²) < 4.78 is 1.69. The van der Waals surface area contributed by atoms with E-state index in [0.29, 0.717) is 37.9 Å². The van der Waals surface area contributed by atoms with Crippen molar-refractivity contribution < 1.29 is 9.90 Å². The smallest absolute Gasteiger partial charge is 0.223 e. The molecule has 3 N–H and O–H groups in total. The number of H-pyrrole nitrogens is 1. The van der Waals surface area contributed by atoms with Crippen LogP contribution in [0.1, 0.15) is 67.0 Å². The fourth-order valence-corrected chi connectivity index (χ4v) is 5.64. The summed E-state index contributed by atoms with van der Waals surface area (Å²) in [6, 6.07) is 11.7. The van der Waals surface area contributed by atoms with Gasteiger partial charge >= 0.3 is 0 Å². The number of hydrogen-bond donors (Lipinski definition) is 3. The SMILES string of the molecule is Cc1cc(Cc2cc(C)[nH]n2)nc([C@]2(O)CC[C@@H](C(=O)NCc3ccc(-n4cccn4)nc3)C(C)(C)C2)c1. The standard InChI is InChI=1S/C29H35N7O2/c1-19-12-22(15-23-14-20(2)34-35-23)33-25(13-19)29(38)9-8-24(28(3,4)18-29)27(37)31-17-21-6-7-26(30-16-21)36-11-5-10-32-36/h5-7,10-14,16,24,38H,8-9,15,17-18H2,1-4H3,(H,31,37)(H,34,35)/t24-,29-/m0/s1. The number of amides is 1. The average molecular weight is 514 g/mol. The number of nitrogens with one attached hydrogen (secondary N) is 2. The molecule has 1 aliphatic rings. The van der Waals surface area contributed by atoms with Gasteiger partial charge in [-0.1, -0.05) is 19.9 Å². The van der Waals surface area contributed by atoms with E-state index in [4.69, 9.17) is 4.98 Å². The van der Waals surface area contributed by atoms with Crippen LogP contribution >= 0.6 is 0 Å². The lowest BCUT2D eigenvalue weighted by atomic mass is 9.62. The summed E-state index contributed by atoms with van der Waals surface area (Å²) >= 11 is 0. The first kappa shape index (κ1) is 25.8. The molecule has 1 saturated carbocycles. The third-order valence-electron chi connectivity index (χ3n) is 7.49. The van der Waals surface area contributed by atoms with E-state index in [2.05, 4.69) is 39.4 Å². The number of nitrogens with zero attached hydrogens (tertiary/aromatic N) is 5. The molecule has 0 unspecified atom stereocenters.